The maximum Gasteiger partial charge on any atom is 0.257 e. The molecule has 9 heteroatoms. The third-order valence-corrected chi connectivity index (χ3v) is 5.33. The van der Waals surface area contributed by atoms with Crippen molar-refractivity contribution in [2.24, 2.45) is 0 Å². The van der Waals surface area contributed by atoms with E-state index in [4.69, 9.17) is 27.9 Å². The molecule has 1 amide bonds. The molecule has 0 spiro atoms. The Morgan fingerprint density at radius 3 is 2.48 bits per heavy atom. The highest BCUT2D eigenvalue weighted by Gasteiger charge is 2.18. The van der Waals surface area contributed by atoms with Crippen LogP contribution in [0.4, 0.5) is 5.69 Å². The topological polar surface area (TPSA) is 84.5 Å². The molecule has 0 unspecified atom stereocenters. The third kappa shape index (κ3) is 4.64. The minimum Gasteiger partial charge on any atom is -0.495 e. The van der Waals surface area contributed by atoms with Gasteiger partial charge in [-0.05, 0) is 36.4 Å². The molecule has 2 rings (SSSR count). The molecule has 2 N–H and O–H groups in total. The average molecular weight is 403 g/mol. The van der Waals surface area contributed by atoms with Gasteiger partial charge < -0.3 is 10.1 Å². The van der Waals surface area contributed by atoms with Gasteiger partial charge in [-0.15, -0.1) is 0 Å². The maximum absolute atomic E-state index is 12.4. The number of amides is 1. The van der Waals surface area contributed by atoms with E-state index in [2.05, 4.69) is 10.0 Å². The first-order valence-electron chi connectivity index (χ1n) is 7.22. The van der Waals surface area contributed by atoms with Crippen LogP contribution in [-0.2, 0) is 10.0 Å². The lowest BCUT2D eigenvalue weighted by atomic mass is 10.2. The molecule has 0 aliphatic heterocycles. The average Bonchev–Trinajstić information content (AvgIpc) is 2.54. The fraction of sp³-hybridized carbons (Fsp3) is 0.188. The molecule has 0 aliphatic carbocycles. The molecule has 0 bridgehead atoms. The van der Waals surface area contributed by atoms with Crippen LogP contribution in [0.1, 0.15) is 17.3 Å². The highest BCUT2D eigenvalue weighted by Crippen LogP contribution is 2.29. The molecule has 25 heavy (non-hydrogen) atoms. The number of nitrogens with one attached hydrogen (secondary N) is 2. The smallest absolute Gasteiger partial charge is 0.257 e. The van der Waals surface area contributed by atoms with E-state index >= 15 is 0 Å². The van der Waals surface area contributed by atoms with Gasteiger partial charge in [0.1, 0.15) is 5.75 Å². The van der Waals surface area contributed by atoms with Crippen molar-refractivity contribution in [1.29, 1.82) is 0 Å². The van der Waals surface area contributed by atoms with E-state index in [0.717, 1.165) is 0 Å². The maximum atomic E-state index is 12.4. The van der Waals surface area contributed by atoms with E-state index < -0.39 is 15.9 Å². The summed E-state index contributed by atoms with van der Waals surface area (Å²) in [4.78, 5) is 12.4. The second kappa shape index (κ2) is 8.05. The van der Waals surface area contributed by atoms with Crippen molar-refractivity contribution in [1.82, 2.24) is 4.72 Å². The number of carbonyl (C=O) groups is 1. The Bertz CT molecular complexity index is 901. The fourth-order valence-electron chi connectivity index (χ4n) is 2.09. The first-order valence-corrected chi connectivity index (χ1v) is 9.46. The van der Waals surface area contributed by atoms with Crippen LogP contribution in [0.25, 0.3) is 0 Å². The highest BCUT2D eigenvalue weighted by atomic mass is 35.5. The van der Waals surface area contributed by atoms with E-state index in [1.54, 1.807) is 6.92 Å². The van der Waals surface area contributed by atoms with Gasteiger partial charge in [0.25, 0.3) is 5.91 Å². The number of benzene rings is 2. The molecule has 0 radical (unpaired) electrons. The van der Waals surface area contributed by atoms with E-state index in [0.29, 0.717) is 10.8 Å². The largest absolute Gasteiger partial charge is 0.495 e. The predicted molar refractivity (Wildman–Crippen MR) is 98.3 cm³/mol. The Morgan fingerprint density at radius 1 is 1.16 bits per heavy atom. The minimum atomic E-state index is -3.67. The van der Waals surface area contributed by atoms with Crippen molar-refractivity contribution in [2.75, 3.05) is 19.0 Å². The third-order valence-electron chi connectivity index (χ3n) is 3.24. The molecule has 2 aromatic carbocycles. The zero-order valence-corrected chi connectivity index (χ0v) is 15.8. The molecule has 0 saturated heterocycles. The van der Waals surface area contributed by atoms with Crippen LogP contribution in [0, 0.1) is 0 Å². The number of sulfonamides is 1. The van der Waals surface area contributed by atoms with E-state index in [1.165, 1.54) is 43.5 Å². The number of ether oxygens (including phenoxy) is 1. The van der Waals surface area contributed by atoms with Crippen LogP contribution < -0.4 is 14.8 Å². The lowest BCUT2D eigenvalue weighted by Gasteiger charge is -2.13. The summed E-state index contributed by atoms with van der Waals surface area (Å²) in [5.41, 5.74) is 0.408. The van der Waals surface area contributed by atoms with Gasteiger partial charge in [0.15, 0.2) is 0 Å². The van der Waals surface area contributed by atoms with Gasteiger partial charge in [-0.25, -0.2) is 13.1 Å². The number of hydrogen-bond acceptors (Lipinski definition) is 4. The predicted octanol–water partition coefficient (Wildman–Crippen LogP) is 3.55. The Balaban J connectivity index is 2.39. The second-order valence-electron chi connectivity index (χ2n) is 4.94. The molecule has 134 valence electrons. The number of rotatable bonds is 6. The van der Waals surface area contributed by atoms with Crippen LogP contribution in [0.3, 0.4) is 0 Å². The number of carbonyl (C=O) groups excluding carboxylic acids is 1. The van der Waals surface area contributed by atoms with Crippen LogP contribution in [0.2, 0.25) is 10.0 Å². The summed E-state index contributed by atoms with van der Waals surface area (Å²) in [7, 11) is -2.26. The lowest BCUT2D eigenvalue weighted by molar-refractivity contribution is 0.102. The standard InChI is InChI=1S/C16H16Cl2N2O4S/c1-3-19-25(22,23)11-5-7-15(24-2)14(9-11)20-16(21)12-6-4-10(17)8-13(12)18/h4-9,19H,3H2,1-2H3,(H,20,21). The zero-order valence-electron chi connectivity index (χ0n) is 13.5. The number of anilines is 1. The lowest BCUT2D eigenvalue weighted by Crippen LogP contribution is -2.23. The van der Waals surface area contributed by atoms with E-state index in [-0.39, 0.29) is 27.7 Å². The van der Waals surface area contributed by atoms with Crippen LogP contribution in [0.15, 0.2) is 41.3 Å². The molecule has 0 fully saturated rings. The molecule has 6 nitrogen and oxygen atoms in total. The number of methoxy groups -OCH3 is 1. The molecule has 0 aromatic heterocycles. The van der Waals surface area contributed by atoms with Crippen molar-refractivity contribution in [3.63, 3.8) is 0 Å². The SMILES string of the molecule is CCNS(=O)(=O)c1ccc(OC)c(NC(=O)c2ccc(Cl)cc2Cl)c1. The highest BCUT2D eigenvalue weighted by molar-refractivity contribution is 7.89. The van der Waals surface area contributed by atoms with Gasteiger partial charge in [-0.1, -0.05) is 30.1 Å². The quantitative estimate of drug-likeness (QED) is 0.773. The summed E-state index contributed by atoms with van der Waals surface area (Å²) >= 11 is 11.8. The molecule has 0 saturated carbocycles. The Labute approximate surface area is 156 Å². The normalized spacial score (nSPS) is 11.2. The summed E-state index contributed by atoms with van der Waals surface area (Å²) in [5, 5.41) is 3.19. The summed E-state index contributed by atoms with van der Waals surface area (Å²) < 4.78 is 31.8. The monoisotopic (exact) mass is 402 g/mol. The summed E-state index contributed by atoms with van der Waals surface area (Å²) in [6.45, 7) is 1.92. The molecule has 0 heterocycles. The zero-order chi connectivity index (χ0) is 18.6. The molecular weight excluding hydrogens is 387 g/mol. The van der Waals surface area contributed by atoms with Crippen LogP contribution in [0.5, 0.6) is 5.75 Å². The fourth-order valence-corrected chi connectivity index (χ4v) is 3.65. The Morgan fingerprint density at radius 2 is 1.88 bits per heavy atom. The van der Waals surface area contributed by atoms with Crippen molar-refractivity contribution < 1.29 is 17.9 Å². The molecule has 0 atom stereocenters. The Hall–Kier alpha value is -1.80. The van der Waals surface area contributed by atoms with E-state index in [1.807, 2.05) is 0 Å². The number of hydrogen-bond donors (Lipinski definition) is 2. The summed E-state index contributed by atoms with van der Waals surface area (Å²) in [6, 6.07) is 8.63. The first kappa shape index (κ1) is 19.5. The van der Waals surface area contributed by atoms with Crippen molar-refractivity contribution in [2.45, 2.75) is 11.8 Å². The van der Waals surface area contributed by atoms with Crippen molar-refractivity contribution in [3.8, 4) is 5.75 Å². The molecule has 0 aliphatic rings. The van der Waals surface area contributed by atoms with Gasteiger partial charge in [0.2, 0.25) is 10.0 Å². The number of halogens is 2. The van der Waals surface area contributed by atoms with Gasteiger partial charge in [-0.2, -0.15) is 0 Å². The Kier molecular flexibility index (Phi) is 6.29. The van der Waals surface area contributed by atoms with Crippen molar-refractivity contribution >= 4 is 44.8 Å². The van der Waals surface area contributed by atoms with Gasteiger partial charge >= 0.3 is 0 Å². The van der Waals surface area contributed by atoms with E-state index in [9.17, 15) is 13.2 Å². The second-order valence-corrected chi connectivity index (χ2v) is 7.55. The summed E-state index contributed by atoms with van der Waals surface area (Å²) in [6.07, 6.45) is 0. The van der Waals surface area contributed by atoms with Crippen LogP contribution in [-0.4, -0.2) is 28.0 Å². The van der Waals surface area contributed by atoms with Gasteiger partial charge in [-0.3, -0.25) is 4.79 Å². The van der Waals surface area contributed by atoms with Gasteiger partial charge in [0.05, 0.1) is 28.3 Å². The molecular formula is C16H16Cl2N2O4S. The molecule has 2 aromatic rings. The minimum absolute atomic E-state index is 0.00709. The van der Waals surface area contributed by atoms with Crippen molar-refractivity contribution in [3.05, 3.63) is 52.0 Å². The summed E-state index contributed by atoms with van der Waals surface area (Å²) in [5.74, 6) is -0.202. The van der Waals surface area contributed by atoms with Crippen LogP contribution >= 0.6 is 23.2 Å². The first-order chi connectivity index (χ1) is 11.8. The van der Waals surface area contributed by atoms with Gasteiger partial charge in [0, 0.05) is 11.6 Å².